The van der Waals surface area contributed by atoms with E-state index in [-0.39, 0.29) is 23.3 Å². The highest BCUT2D eigenvalue weighted by Gasteiger charge is 2.38. The largest absolute Gasteiger partial charge is 0.444 e. The number of carbonyl (C=O) groups is 1. The van der Waals surface area contributed by atoms with Gasteiger partial charge in [-0.2, -0.15) is 17.5 Å². The van der Waals surface area contributed by atoms with Gasteiger partial charge in [0, 0.05) is 13.1 Å². The van der Waals surface area contributed by atoms with Gasteiger partial charge in [0.15, 0.2) is 0 Å². The van der Waals surface area contributed by atoms with Crippen molar-refractivity contribution in [1.82, 2.24) is 9.62 Å². The summed E-state index contributed by atoms with van der Waals surface area (Å²) in [4.78, 5) is 11.7. The van der Waals surface area contributed by atoms with E-state index in [0.29, 0.717) is 41.9 Å². The predicted octanol–water partition coefficient (Wildman–Crippen LogP) is 5.72. The summed E-state index contributed by atoms with van der Waals surface area (Å²) >= 11 is 0. The average Bonchev–Trinajstić information content (AvgIpc) is 2.76. The van der Waals surface area contributed by atoms with Crippen molar-refractivity contribution in [1.29, 1.82) is 0 Å². The van der Waals surface area contributed by atoms with E-state index in [4.69, 9.17) is 4.74 Å². The summed E-state index contributed by atoms with van der Waals surface area (Å²) < 4.78 is 72.4. The fourth-order valence-corrected chi connectivity index (χ4v) is 5.91. The van der Waals surface area contributed by atoms with Gasteiger partial charge < -0.3 is 10.1 Å². The van der Waals surface area contributed by atoms with E-state index in [1.54, 1.807) is 39.0 Å². The summed E-state index contributed by atoms with van der Waals surface area (Å²) in [5, 5.41) is 4.20. The van der Waals surface area contributed by atoms with Crippen molar-refractivity contribution < 1.29 is 31.1 Å². The van der Waals surface area contributed by atoms with Crippen molar-refractivity contribution in [2.75, 3.05) is 19.6 Å². The van der Waals surface area contributed by atoms with Crippen LogP contribution in [0.25, 0.3) is 10.8 Å². The molecule has 10 heteroatoms. The molecule has 2 aromatic carbocycles. The fraction of sp³-hybridized carbons (Fsp3) is 0.560. The first-order valence-corrected chi connectivity index (χ1v) is 13.2. The first kappa shape index (κ1) is 27.3. The molecule has 1 N–H and O–H groups in total. The van der Waals surface area contributed by atoms with Crippen LogP contribution in [0, 0.1) is 11.8 Å². The normalized spacial score (nSPS) is 19.6. The Bertz CT molecular complexity index is 1120. The summed E-state index contributed by atoms with van der Waals surface area (Å²) in [5.41, 5.74) is -0.597. The number of carbonyl (C=O) groups excluding carboxylic acids is 1. The molecule has 0 aromatic heterocycles. The molecule has 0 radical (unpaired) electrons. The first-order chi connectivity index (χ1) is 16.2. The number of alkyl halides is 3. The third kappa shape index (κ3) is 8.10. The molecule has 6 nitrogen and oxygen atoms in total. The van der Waals surface area contributed by atoms with Crippen LogP contribution in [-0.4, -0.2) is 50.2 Å². The molecule has 0 bridgehead atoms. The zero-order chi connectivity index (χ0) is 25.9. The van der Waals surface area contributed by atoms with Crippen LogP contribution in [0.2, 0.25) is 0 Å². The Balaban J connectivity index is 1.65. The van der Waals surface area contributed by atoms with Crippen LogP contribution >= 0.6 is 0 Å². The van der Waals surface area contributed by atoms with Crippen molar-refractivity contribution in [3.05, 3.63) is 42.5 Å². The molecule has 194 valence electrons. The first-order valence-electron chi connectivity index (χ1n) is 11.8. The molecule has 3 rings (SSSR count). The van der Waals surface area contributed by atoms with Crippen molar-refractivity contribution in [3.63, 3.8) is 0 Å². The summed E-state index contributed by atoms with van der Waals surface area (Å²) in [7, 11) is -4.34. The van der Waals surface area contributed by atoms with Crippen molar-refractivity contribution in [2.24, 2.45) is 11.8 Å². The quantitative estimate of drug-likeness (QED) is 0.513. The molecule has 1 aliphatic carbocycles. The number of hydrogen-bond donors (Lipinski definition) is 1. The van der Waals surface area contributed by atoms with E-state index in [9.17, 15) is 26.4 Å². The van der Waals surface area contributed by atoms with Gasteiger partial charge in [0.2, 0.25) is 10.0 Å². The molecule has 0 unspecified atom stereocenters. The summed E-state index contributed by atoms with van der Waals surface area (Å²) in [6, 6.07) is 11.5. The SMILES string of the molecule is CC(C)(C)OC(=O)NC[C@H]1CC[C@H](CN(CC(F)(F)F)S(=O)(=O)c2ccc3ccccc3c2)CC1. The van der Waals surface area contributed by atoms with Crippen molar-refractivity contribution in [2.45, 2.75) is 63.1 Å². The number of benzene rings is 2. The average molecular weight is 515 g/mol. The predicted molar refractivity (Wildman–Crippen MR) is 128 cm³/mol. The van der Waals surface area contributed by atoms with Crippen LogP contribution < -0.4 is 5.32 Å². The Kier molecular flexibility index (Phi) is 8.36. The third-order valence-corrected chi connectivity index (χ3v) is 7.88. The van der Waals surface area contributed by atoms with Gasteiger partial charge in [-0.3, -0.25) is 0 Å². The summed E-state index contributed by atoms with van der Waals surface area (Å²) in [6.45, 7) is 4.02. The van der Waals surface area contributed by atoms with Crippen LogP contribution in [0.1, 0.15) is 46.5 Å². The van der Waals surface area contributed by atoms with Crippen LogP contribution in [0.15, 0.2) is 47.4 Å². The highest BCUT2D eigenvalue weighted by molar-refractivity contribution is 7.89. The molecule has 0 atom stereocenters. The maximum Gasteiger partial charge on any atom is 0.407 e. The lowest BCUT2D eigenvalue weighted by Gasteiger charge is -2.33. The molecule has 1 saturated carbocycles. The van der Waals surface area contributed by atoms with Crippen LogP contribution in [0.5, 0.6) is 0 Å². The Hall–Kier alpha value is -2.33. The zero-order valence-corrected chi connectivity index (χ0v) is 21.1. The molecule has 1 amide bonds. The number of rotatable bonds is 7. The Morgan fingerprint density at radius 3 is 2.20 bits per heavy atom. The zero-order valence-electron chi connectivity index (χ0n) is 20.3. The number of fused-ring (bicyclic) bond motifs is 1. The Morgan fingerprint density at radius 2 is 1.60 bits per heavy atom. The smallest absolute Gasteiger partial charge is 0.407 e. The van der Waals surface area contributed by atoms with Gasteiger partial charge in [-0.05, 0) is 81.2 Å². The third-order valence-electron chi connectivity index (χ3n) is 6.08. The lowest BCUT2D eigenvalue weighted by atomic mass is 9.82. The number of alkyl carbamates (subject to hydrolysis) is 1. The number of hydrogen-bond acceptors (Lipinski definition) is 4. The second-order valence-corrected chi connectivity index (χ2v) is 12.1. The molecule has 0 saturated heterocycles. The molecule has 1 aliphatic rings. The topological polar surface area (TPSA) is 75.7 Å². The molecule has 0 spiro atoms. The van der Waals surface area contributed by atoms with Gasteiger partial charge in [0.05, 0.1) is 4.90 Å². The Labute approximate surface area is 204 Å². The minimum atomic E-state index is -4.65. The number of ether oxygens (including phenoxy) is 1. The molecule has 2 aromatic rings. The van der Waals surface area contributed by atoms with Crippen LogP contribution in [0.4, 0.5) is 18.0 Å². The Morgan fingerprint density at radius 1 is 1.00 bits per heavy atom. The minimum absolute atomic E-state index is 0.143. The van der Waals surface area contributed by atoms with E-state index >= 15 is 0 Å². The lowest BCUT2D eigenvalue weighted by Crippen LogP contribution is -2.42. The lowest BCUT2D eigenvalue weighted by molar-refractivity contribution is -0.137. The number of nitrogens with zero attached hydrogens (tertiary/aromatic N) is 1. The summed E-state index contributed by atoms with van der Waals surface area (Å²) in [6.07, 6.45) is -2.60. The maximum absolute atomic E-state index is 13.4. The van der Waals surface area contributed by atoms with E-state index in [2.05, 4.69) is 5.32 Å². The van der Waals surface area contributed by atoms with E-state index in [1.165, 1.54) is 12.1 Å². The van der Waals surface area contributed by atoms with E-state index in [0.717, 1.165) is 5.39 Å². The molecular formula is C25H33F3N2O4S. The van der Waals surface area contributed by atoms with Gasteiger partial charge in [-0.25, -0.2) is 13.2 Å². The van der Waals surface area contributed by atoms with Crippen molar-refractivity contribution in [3.8, 4) is 0 Å². The van der Waals surface area contributed by atoms with Crippen LogP contribution in [-0.2, 0) is 14.8 Å². The monoisotopic (exact) mass is 514 g/mol. The molecular weight excluding hydrogens is 481 g/mol. The molecule has 35 heavy (non-hydrogen) atoms. The van der Waals surface area contributed by atoms with E-state index < -0.39 is 34.4 Å². The molecule has 0 heterocycles. The van der Waals surface area contributed by atoms with Gasteiger partial charge in [0.1, 0.15) is 12.1 Å². The van der Waals surface area contributed by atoms with Crippen molar-refractivity contribution >= 4 is 26.9 Å². The fourth-order valence-electron chi connectivity index (χ4n) is 4.37. The number of halogens is 3. The highest BCUT2D eigenvalue weighted by atomic mass is 32.2. The number of nitrogens with one attached hydrogen (secondary N) is 1. The van der Waals surface area contributed by atoms with E-state index in [1.807, 2.05) is 12.1 Å². The van der Waals surface area contributed by atoms with Gasteiger partial charge in [0.25, 0.3) is 0 Å². The number of sulfonamides is 1. The van der Waals surface area contributed by atoms with Gasteiger partial charge in [-0.1, -0.05) is 30.3 Å². The van der Waals surface area contributed by atoms with Gasteiger partial charge >= 0.3 is 12.3 Å². The standard InChI is InChI=1S/C25H33F3N2O4S/c1-24(2,3)34-23(31)29-15-18-8-10-19(11-9-18)16-30(17-25(26,27)28)35(32,33)22-13-12-20-6-4-5-7-21(20)14-22/h4-7,12-14,18-19H,8-11,15-17H2,1-3H3,(H,29,31)/t18-,19-. The second-order valence-electron chi connectivity index (χ2n) is 10.2. The van der Waals surface area contributed by atoms with Gasteiger partial charge in [-0.15, -0.1) is 0 Å². The second kappa shape index (κ2) is 10.7. The number of amides is 1. The van der Waals surface area contributed by atoms with Crippen LogP contribution in [0.3, 0.4) is 0 Å². The summed E-state index contributed by atoms with van der Waals surface area (Å²) in [5.74, 6) is -0.0164. The maximum atomic E-state index is 13.4. The molecule has 0 aliphatic heterocycles. The highest BCUT2D eigenvalue weighted by Crippen LogP contribution is 2.32. The minimum Gasteiger partial charge on any atom is -0.444 e. The molecule has 1 fully saturated rings.